The molecule has 0 saturated carbocycles. The summed E-state index contributed by atoms with van der Waals surface area (Å²) in [6.45, 7) is 8.20. The molecule has 0 radical (unpaired) electrons. The molecule has 10 heteroatoms. The van der Waals surface area contributed by atoms with E-state index < -0.39 is 28.5 Å². The summed E-state index contributed by atoms with van der Waals surface area (Å²) in [5, 5.41) is 2.93. The molecule has 1 atom stereocenters. The van der Waals surface area contributed by atoms with Crippen LogP contribution < -0.4 is 19.1 Å². The lowest BCUT2D eigenvalue weighted by Crippen LogP contribution is -2.52. The molecular formula is C32H41N3O6S. The number of carbonyl (C=O) groups excluding carboxylic acids is 2. The Hall–Kier alpha value is -4.05. The van der Waals surface area contributed by atoms with E-state index in [1.54, 1.807) is 61.7 Å². The fourth-order valence-corrected chi connectivity index (χ4v) is 5.83. The summed E-state index contributed by atoms with van der Waals surface area (Å²) < 4.78 is 39.7. The Bertz CT molecular complexity index is 1390. The number of ether oxygens (including phenoxy) is 2. The first-order chi connectivity index (χ1) is 20.1. The lowest BCUT2D eigenvalue weighted by atomic mass is 10.1. The zero-order valence-electron chi connectivity index (χ0n) is 24.9. The number of anilines is 1. The van der Waals surface area contributed by atoms with Crippen LogP contribution in [-0.4, -0.2) is 58.0 Å². The van der Waals surface area contributed by atoms with E-state index in [1.807, 2.05) is 39.8 Å². The normalized spacial score (nSPS) is 12.0. The van der Waals surface area contributed by atoms with Crippen LogP contribution in [0.3, 0.4) is 0 Å². The minimum Gasteiger partial charge on any atom is -0.497 e. The highest BCUT2D eigenvalue weighted by Crippen LogP contribution is 2.27. The maximum Gasteiger partial charge on any atom is 0.264 e. The molecule has 3 rings (SSSR count). The van der Waals surface area contributed by atoms with Gasteiger partial charge in [-0.1, -0.05) is 51.1 Å². The average molecular weight is 596 g/mol. The van der Waals surface area contributed by atoms with Gasteiger partial charge >= 0.3 is 0 Å². The van der Waals surface area contributed by atoms with E-state index in [0.717, 1.165) is 9.87 Å². The van der Waals surface area contributed by atoms with Crippen LogP contribution in [0.25, 0.3) is 0 Å². The number of rotatable bonds is 15. The lowest BCUT2D eigenvalue weighted by Gasteiger charge is -2.33. The SMILES string of the molecule is CCOc1ccc(N(CC(=O)N(Cc2ccc(OC)cc2)[C@H](CC)C(=O)NCC(C)C)S(=O)(=O)c2ccccc2)cc1. The van der Waals surface area contributed by atoms with Crippen LogP contribution in [0.15, 0.2) is 83.8 Å². The molecule has 0 aliphatic carbocycles. The molecule has 0 bridgehead atoms. The first kappa shape index (κ1) is 32.5. The fourth-order valence-electron chi connectivity index (χ4n) is 4.39. The predicted molar refractivity (Wildman–Crippen MR) is 164 cm³/mol. The van der Waals surface area contributed by atoms with E-state index in [2.05, 4.69) is 5.32 Å². The Kier molecular flexibility index (Phi) is 11.8. The molecule has 1 N–H and O–H groups in total. The molecule has 0 saturated heterocycles. The molecule has 42 heavy (non-hydrogen) atoms. The van der Waals surface area contributed by atoms with E-state index in [4.69, 9.17) is 9.47 Å². The Morgan fingerprint density at radius 3 is 2.05 bits per heavy atom. The molecule has 2 amide bonds. The van der Waals surface area contributed by atoms with E-state index >= 15 is 0 Å². The van der Waals surface area contributed by atoms with Gasteiger partial charge in [0.05, 0.1) is 24.3 Å². The summed E-state index contributed by atoms with van der Waals surface area (Å²) in [7, 11) is -2.57. The van der Waals surface area contributed by atoms with E-state index in [9.17, 15) is 18.0 Å². The van der Waals surface area contributed by atoms with E-state index in [0.29, 0.717) is 36.8 Å². The third kappa shape index (κ3) is 8.48. The monoisotopic (exact) mass is 595 g/mol. The minimum absolute atomic E-state index is 0.0510. The first-order valence-electron chi connectivity index (χ1n) is 14.1. The Balaban J connectivity index is 2.03. The van der Waals surface area contributed by atoms with Crippen molar-refractivity contribution in [3.05, 3.63) is 84.4 Å². The van der Waals surface area contributed by atoms with Crippen molar-refractivity contribution in [1.29, 1.82) is 0 Å². The van der Waals surface area contributed by atoms with Gasteiger partial charge in [0, 0.05) is 13.1 Å². The average Bonchev–Trinajstić information content (AvgIpc) is 3.00. The van der Waals surface area contributed by atoms with Crippen molar-refractivity contribution in [2.24, 2.45) is 5.92 Å². The van der Waals surface area contributed by atoms with Gasteiger partial charge < -0.3 is 19.7 Å². The number of carbonyl (C=O) groups is 2. The van der Waals surface area contributed by atoms with Crippen LogP contribution in [0.1, 0.15) is 39.7 Å². The van der Waals surface area contributed by atoms with E-state index in [-0.39, 0.29) is 23.3 Å². The molecule has 0 aliphatic rings. The molecule has 3 aromatic rings. The predicted octanol–water partition coefficient (Wildman–Crippen LogP) is 4.87. The van der Waals surface area contributed by atoms with Gasteiger partial charge in [0.2, 0.25) is 11.8 Å². The third-order valence-electron chi connectivity index (χ3n) is 6.63. The third-order valence-corrected chi connectivity index (χ3v) is 8.42. The highest BCUT2D eigenvalue weighted by Gasteiger charge is 2.33. The van der Waals surface area contributed by atoms with Crippen molar-refractivity contribution >= 4 is 27.5 Å². The molecule has 0 fully saturated rings. The quantitative estimate of drug-likeness (QED) is 0.269. The van der Waals surface area contributed by atoms with Gasteiger partial charge in [-0.3, -0.25) is 13.9 Å². The van der Waals surface area contributed by atoms with Crippen LogP contribution in [0.2, 0.25) is 0 Å². The number of hydrogen-bond acceptors (Lipinski definition) is 6. The highest BCUT2D eigenvalue weighted by atomic mass is 32.2. The summed E-state index contributed by atoms with van der Waals surface area (Å²) in [4.78, 5) is 29.0. The second-order valence-electron chi connectivity index (χ2n) is 10.2. The summed E-state index contributed by atoms with van der Waals surface area (Å²) >= 11 is 0. The van der Waals surface area contributed by atoms with Gasteiger partial charge in [0.25, 0.3) is 10.0 Å². The standard InChI is InChI=1S/C32H41N3O6S/c1-6-30(32(37)33-21-24(3)4)34(22-25-13-17-27(40-5)18-14-25)31(36)23-35(26-15-19-28(20-16-26)41-7-2)42(38,39)29-11-9-8-10-12-29/h8-20,24,30H,6-7,21-23H2,1-5H3,(H,33,37)/t30-/m1/s1. The van der Waals surface area contributed by atoms with Crippen molar-refractivity contribution in [3.8, 4) is 11.5 Å². The maximum absolute atomic E-state index is 14.1. The van der Waals surface area contributed by atoms with Gasteiger partial charge in [0.1, 0.15) is 24.1 Å². The Morgan fingerprint density at radius 1 is 0.881 bits per heavy atom. The Labute approximate surface area is 249 Å². The van der Waals surface area contributed by atoms with Crippen molar-refractivity contribution in [2.75, 3.05) is 31.1 Å². The highest BCUT2D eigenvalue weighted by molar-refractivity contribution is 7.92. The maximum atomic E-state index is 14.1. The van der Waals surface area contributed by atoms with E-state index in [1.165, 1.54) is 17.0 Å². The number of sulfonamides is 1. The van der Waals surface area contributed by atoms with Gasteiger partial charge in [0.15, 0.2) is 0 Å². The van der Waals surface area contributed by atoms with Crippen molar-refractivity contribution in [2.45, 2.75) is 51.6 Å². The number of nitrogens with one attached hydrogen (secondary N) is 1. The van der Waals surface area contributed by atoms with Gasteiger partial charge in [-0.15, -0.1) is 0 Å². The molecule has 0 aromatic heterocycles. The van der Waals surface area contributed by atoms with Crippen LogP contribution in [0.4, 0.5) is 5.69 Å². The molecule has 3 aromatic carbocycles. The van der Waals surface area contributed by atoms with Crippen molar-refractivity contribution in [1.82, 2.24) is 10.2 Å². The number of hydrogen-bond donors (Lipinski definition) is 1. The minimum atomic E-state index is -4.14. The largest absolute Gasteiger partial charge is 0.497 e. The molecule has 0 unspecified atom stereocenters. The zero-order chi connectivity index (χ0) is 30.7. The van der Waals surface area contributed by atoms with Crippen LogP contribution >= 0.6 is 0 Å². The Morgan fingerprint density at radius 2 is 1.50 bits per heavy atom. The number of nitrogens with zero attached hydrogens (tertiary/aromatic N) is 2. The first-order valence-corrected chi connectivity index (χ1v) is 15.5. The lowest BCUT2D eigenvalue weighted by molar-refractivity contribution is -0.140. The number of amides is 2. The smallest absolute Gasteiger partial charge is 0.264 e. The topological polar surface area (TPSA) is 105 Å². The van der Waals surface area contributed by atoms with Crippen LogP contribution in [0, 0.1) is 5.92 Å². The molecule has 0 spiro atoms. The van der Waals surface area contributed by atoms with Crippen LogP contribution in [0.5, 0.6) is 11.5 Å². The number of benzene rings is 3. The van der Waals surface area contributed by atoms with Gasteiger partial charge in [-0.05, 0) is 73.4 Å². The van der Waals surface area contributed by atoms with Crippen molar-refractivity contribution < 1.29 is 27.5 Å². The summed E-state index contributed by atoms with van der Waals surface area (Å²) in [6.07, 6.45) is 0.348. The second kappa shape index (κ2) is 15.3. The van der Waals surface area contributed by atoms with Crippen molar-refractivity contribution in [3.63, 3.8) is 0 Å². The summed E-state index contributed by atoms with van der Waals surface area (Å²) in [5.74, 6) is 0.674. The molecule has 0 aliphatic heterocycles. The summed E-state index contributed by atoms with van der Waals surface area (Å²) in [6, 6.07) is 20.9. The number of methoxy groups -OCH3 is 1. The second-order valence-corrected chi connectivity index (χ2v) is 12.0. The molecular weight excluding hydrogens is 554 g/mol. The van der Waals surface area contributed by atoms with Gasteiger partial charge in [-0.2, -0.15) is 0 Å². The molecule has 9 nitrogen and oxygen atoms in total. The van der Waals surface area contributed by atoms with Gasteiger partial charge in [-0.25, -0.2) is 8.42 Å². The summed E-state index contributed by atoms with van der Waals surface area (Å²) in [5.41, 5.74) is 1.08. The fraction of sp³-hybridized carbons (Fsp3) is 0.375. The zero-order valence-corrected chi connectivity index (χ0v) is 25.8. The molecule has 0 heterocycles. The van der Waals surface area contributed by atoms with Crippen LogP contribution in [-0.2, 0) is 26.2 Å². The molecule has 226 valence electrons.